The van der Waals surface area contributed by atoms with Crippen molar-refractivity contribution >= 4 is 10.9 Å². The van der Waals surface area contributed by atoms with E-state index in [-0.39, 0.29) is 0 Å². The Morgan fingerprint density at radius 2 is 2.05 bits per heavy atom. The van der Waals surface area contributed by atoms with E-state index in [4.69, 9.17) is 0 Å². The number of rotatable bonds is 2. The average Bonchev–Trinajstić information content (AvgIpc) is 2.84. The van der Waals surface area contributed by atoms with E-state index in [2.05, 4.69) is 30.1 Å². The number of H-pyrrole nitrogens is 1. The second-order valence-corrected chi connectivity index (χ2v) is 4.76. The van der Waals surface area contributed by atoms with E-state index in [9.17, 15) is 5.11 Å². The molecule has 0 saturated heterocycles. The highest BCUT2D eigenvalue weighted by Gasteiger charge is 2.13. The normalized spacial score (nSPS) is 11.1. The van der Waals surface area contributed by atoms with Gasteiger partial charge >= 0.3 is 0 Å². The Kier molecular flexibility index (Phi) is 2.75. The fourth-order valence-corrected chi connectivity index (χ4v) is 2.55. The van der Waals surface area contributed by atoms with Crippen molar-refractivity contribution in [2.24, 2.45) is 0 Å². The molecule has 0 fully saturated rings. The molecule has 1 aromatic heterocycles. The van der Waals surface area contributed by atoms with Crippen LogP contribution in [0, 0.1) is 6.92 Å². The van der Waals surface area contributed by atoms with Crippen LogP contribution >= 0.6 is 0 Å². The fraction of sp³-hybridized carbons (Fsp3) is 0.188. The Balaban J connectivity index is 2.31. The number of nitrogens with zero attached hydrogens (tertiary/aromatic N) is 1. The first-order valence-electron chi connectivity index (χ1n) is 6.46. The first-order valence-corrected chi connectivity index (χ1v) is 6.46. The summed E-state index contributed by atoms with van der Waals surface area (Å²) in [4.78, 5) is 0. The summed E-state index contributed by atoms with van der Waals surface area (Å²) in [6, 6.07) is 11.6. The van der Waals surface area contributed by atoms with Gasteiger partial charge in [-0.1, -0.05) is 19.1 Å². The number of fused-ring (bicyclic) bond motifs is 1. The van der Waals surface area contributed by atoms with Gasteiger partial charge in [0.15, 0.2) is 0 Å². The van der Waals surface area contributed by atoms with Crippen LogP contribution in [0.25, 0.3) is 22.2 Å². The summed E-state index contributed by atoms with van der Waals surface area (Å²) in [5, 5.41) is 18.3. The number of benzene rings is 2. The van der Waals surface area contributed by atoms with Gasteiger partial charge in [-0.3, -0.25) is 5.10 Å². The van der Waals surface area contributed by atoms with Crippen LogP contribution in [0.3, 0.4) is 0 Å². The molecular weight excluding hydrogens is 236 g/mol. The predicted molar refractivity (Wildman–Crippen MR) is 77.3 cm³/mol. The minimum Gasteiger partial charge on any atom is -0.508 e. The fourth-order valence-electron chi connectivity index (χ4n) is 2.55. The third-order valence-corrected chi connectivity index (χ3v) is 3.52. The second-order valence-electron chi connectivity index (χ2n) is 4.76. The van der Waals surface area contributed by atoms with Gasteiger partial charge in [0.2, 0.25) is 0 Å². The lowest BCUT2D eigenvalue weighted by molar-refractivity contribution is 0.474. The van der Waals surface area contributed by atoms with E-state index in [0.29, 0.717) is 5.75 Å². The molecule has 1 heterocycles. The van der Waals surface area contributed by atoms with Gasteiger partial charge in [-0.05, 0) is 48.7 Å². The van der Waals surface area contributed by atoms with E-state index in [0.717, 1.165) is 34.1 Å². The van der Waals surface area contributed by atoms with Crippen LogP contribution in [0.5, 0.6) is 5.75 Å². The average molecular weight is 252 g/mol. The zero-order valence-corrected chi connectivity index (χ0v) is 11.1. The van der Waals surface area contributed by atoms with Crippen molar-refractivity contribution in [3.05, 3.63) is 47.5 Å². The molecule has 0 aliphatic heterocycles. The van der Waals surface area contributed by atoms with Gasteiger partial charge in [-0.25, -0.2) is 0 Å². The number of aromatic nitrogens is 2. The highest BCUT2D eigenvalue weighted by molar-refractivity contribution is 5.96. The molecule has 0 aliphatic rings. The lowest BCUT2D eigenvalue weighted by Crippen LogP contribution is -1.89. The molecule has 3 aromatic rings. The Bertz CT molecular complexity index is 744. The van der Waals surface area contributed by atoms with Gasteiger partial charge < -0.3 is 5.11 Å². The third kappa shape index (κ3) is 1.87. The Morgan fingerprint density at radius 1 is 1.21 bits per heavy atom. The van der Waals surface area contributed by atoms with Crippen LogP contribution in [-0.2, 0) is 6.42 Å². The first-order chi connectivity index (χ1) is 9.20. The maximum Gasteiger partial charge on any atom is 0.115 e. The number of phenols is 1. The topological polar surface area (TPSA) is 48.9 Å². The number of aromatic amines is 1. The first kappa shape index (κ1) is 11.8. The third-order valence-electron chi connectivity index (χ3n) is 3.52. The van der Waals surface area contributed by atoms with Crippen molar-refractivity contribution in [2.75, 3.05) is 0 Å². The SMILES string of the molecule is CCc1cc(O)ccc1-c1n[nH]c2cccc(C)c12. The summed E-state index contributed by atoms with van der Waals surface area (Å²) in [5.41, 5.74) is 5.41. The molecule has 96 valence electrons. The van der Waals surface area contributed by atoms with Gasteiger partial charge in [-0.15, -0.1) is 0 Å². The zero-order valence-electron chi connectivity index (χ0n) is 11.1. The molecule has 0 aliphatic carbocycles. The molecule has 0 radical (unpaired) electrons. The van der Waals surface area contributed by atoms with Gasteiger partial charge in [0, 0.05) is 10.9 Å². The standard InChI is InChI=1S/C16H16N2O/c1-3-11-9-12(19)7-8-13(11)16-15-10(2)5-4-6-14(15)17-18-16/h4-9,19H,3H2,1-2H3,(H,17,18). The maximum atomic E-state index is 9.61. The highest BCUT2D eigenvalue weighted by atomic mass is 16.3. The highest BCUT2D eigenvalue weighted by Crippen LogP contribution is 2.32. The van der Waals surface area contributed by atoms with Crippen LogP contribution in [-0.4, -0.2) is 15.3 Å². The molecule has 0 amide bonds. The van der Waals surface area contributed by atoms with Crippen molar-refractivity contribution in [3.8, 4) is 17.0 Å². The smallest absolute Gasteiger partial charge is 0.115 e. The zero-order chi connectivity index (χ0) is 13.4. The van der Waals surface area contributed by atoms with Crippen LogP contribution < -0.4 is 0 Å². The maximum absolute atomic E-state index is 9.61. The minimum atomic E-state index is 0.303. The summed E-state index contributed by atoms with van der Waals surface area (Å²) in [5.74, 6) is 0.303. The molecule has 3 nitrogen and oxygen atoms in total. The van der Waals surface area contributed by atoms with E-state index in [1.54, 1.807) is 6.07 Å². The summed E-state index contributed by atoms with van der Waals surface area (Å²) in [6.07, 6.45) is 0.865. The van der Waals surface area contributed by atoms with Gasteiger partial charge in [-0.2, -0.15) is 5.10 Å². The Labute approximate surface area is 111 Å². The van der Waals surface area contributed by atoms with Gasteiger partial charge in [0.1, 0.15) is 11.4 Å². The number of aryl methyl sites for hydroxylation is 2. The number of aromatic hydroxyl groups is 1. The number of hydrogen-bond acceptors (Lipinski definition) is 2. The molecule has 2 aromatic carbocycles. The lowest BCUT2D eigenvalue weighted by atomic mass is 9.98. The molecule has 2 N–H and O–H groups in total. The molecule has 0 atom stereocenters. The Hall–Kier alpha value is -2.29. The molecule has 3 heteroatoms. The molecule has 0 spiro atoms. The quantitative estimate of drug-likeness (QED) is 0.728. The van der Waals surface area contributed by atoms with E-state index in [1.165, 1.54) is 5.56 Å². The molecular formula is C16H16N2O. The van der Waals surface area contributed by atoms with Crippen molar-refractivity contribution in [3.63, 3.8) is 0 Å². The number of hydrogen-bond donors (Lipinski definition) is 2. The van der Waals surface area contributed by atoms with Crippen molar-refractivity contribution in [2.45, 2.75) is 20.3 Å². The summed E-state index contributed by atoms with van der Waals surface area (Å²) >= 11 is 0. The minimum absolute atomic E-state index is 0.303. The van der Waals surface area contributed by atoms with Crippen LogP contribution in [0.15, 0.2) is 36.4 Å². The summed E-state index contributed by atoms with van der Waals surface area (Å²) < 4.78 is 0. The van der Waals surface area contributed by atoms with E-state index in [1.807, 2.05) is 24.3 Å². The van der Waals surface area contributed by atoms with E-state index >= 15 is 0 Å². The van der Waals surface area contributed by atoms with Gasteiger partial charge in [0.05, 0.1) is 5.52 Å². The van der Waals surface area contributed by atoms with Gasteiger partial charge in [0.25, 0.3) is 0 Å². The number of nitrogens with one attached hydrogen (secondary N) is 1. The summed E-state index contributed by atoms with van der Waals surface area (Å²) in [7, 11) is 0. The molecule has 0 saturated carbocycles. The second kappa shape index (κ2) is 4.43. The number of phenolic OH excluding ortho intramolecular Hbond substituents is 1. The molecule has 0 unspecified atom stereocenters. The predicted octanol–water partition coefficient (Wildman–Crippen LogP) is 3.81. The van der Waals surface area contributed by atoms with Crippen molar-refractivity contribution in [1.29, 1.82) is 0 Å². The van der Waals surface area contributed by atoms with Crippen LogP contribution in [0.4, 0.5) is 0 Å². The summed E-state index contributed by atoms with van der Waals surface area (Å²) in [6.45, 7) is 4.17. The Morgan fingerprint density at radius 3 is 2.84 bits per heavy atom. The largest absolute Gasteiger partial charge is 0.508 e. The van der Waals surface area contributed by atoms with Crippen LogP contribution in [0.2, 0.25) is 0 Å². The van der Waals surface area contributed by atoms with E-state index < -0.39 is 0 Å². The van der Waals surface area contributed by atoms with Crippen LogP contribution in [0.1, 0.15) is 18.1 Å². The van der Waals surface area contributed by atoms with Crippen molar-refractivity contribution in [1.82, 2.24) is 10.2 Å². The molecule has 19 heavy (non-hydrogen) atoms. The monoisotopic (exact) mass is 252 g/mol. The van der Waals surface area contributed by atoms with Crippen molar-refractivity contribution < 1.29 is 5.11 Å². The lowest BCUT2D eigenvalue weighted by Gasteiger charge is -2.07. The molecule has 3 rings (SSSR count). The molecule has 0 bridgehead atoms.